The Morgan fingerprint density at radius 1 is 1.50 bits per heavy atom. The molecular formula is C12H25NO3. The largest absolute Gasteiger partial charge is 0.389 e. The molecule has 0 spiro atoms. The van der Waals surface area contributed by atoms with Crippen molar-refractivity contribution < 1.29 is 14.9 Å². The molecule has 0 aromatic heterocycles. The first kappa shape index (κ1) is 13.9. The van der Waals surface area contributed by atoms with E-state index in [1.54, 1.807) is 0 Å². The van der Waals surface area contributed by atoms with E-state index in [0.29, 0.717) is 19.8 Å². The number of hydrogen-bond donors (Lipinski definition) is 2. The first-order chi connectivity index (χ1) is 7.45. The molecule has 4 heteroatoms. The van der Waals surface area contributed by atoms with E-state index in [9.17, 15) is 10.2 Å². The maximum absolute atomic E-state index is 10.0. The van der Waals surface area contributed by atoms with Crippen LogP contribution in [-0.2, 0) is 4.74 Å². The molecule has 16 heavy (non-hydrogen) atoms. The molecule has 1 heterocycles. The van der Waals surface area contributed by atoms with Gasteiger partial charge in [-0.3, -0.25) is 4.90 Å². The fourth-order valence-corrected chi connectivity index (χ4v) is 2.42. The van der Waals surface area contributed by atoms with Crippen LogP contribution < -0.4 is 0 Å². The lowest BCUT2D eigenvalue weighted by Crippen LogP contribution is -2.48. The van der Waals surface area contributed by atoms with Gasteiger partial charge in [0.25, 0.3) is 0 Å². The lowest BCUT2D eigenvalue weighted by atomic mass is 9.96. The van der Waals surface area contributed by atoms with Gasteiger partial charge in [-0.1, -0.05) is 0 Å². The molecule has 0 aliphatic carbocycles. The van der Waals surface area contributed by atoms with Crippen molar-refractivity contribution in [2.45, 2.75) is 51.4 Å². The Kier molecular flexibility index (Phi) is 5.18. The smallest absolute Gasteiger partial charge is 0.0900 e. The molecule has 4 nitrogen and oxygen atoms in total. The van der Waals surface area contributed by atoms with Crippen LogP contribution in [-0.4, -0.2) is 59.2 Å². The minimum Gasteiger partial charge on any atom is -0.389 e. The summed E-state index contributed by atoms with van der Waals surface area (Å²) in [5.41, 5.74) is -0.693. The van der Waals surface area contributed by atoms with Gasteiger partial charge in [-0.15, -0.1) is 0 Å². The Morgan fingerprint density at radius 3 is 2.75 bits per heavy atom. The van der Waals surface area contributed by atoms with Gasteiger partial charge in [0.2, 0.25) is 0 Å². The predicted molar refractivity (Wildman–Crippen MR) is 63.4 cm³/mol. The minimum absolute atomic E-state index is 0.156. The maximum atomic E-state index is 10.0. The fourth-order valence-electron chi connectivity index (χ4n) is 2.42. The first-order valence-electron chi connectivity index (χ1n) is 6.17. The van der Waals surface area contributed by atoms with Crippen LogP contribution in [0.3, 0.4) is 0 Å². The highest BCUT2D eigenvalue weighted by atomic mass is 16.5. The van der Waals surface area contributed by atoms with Crippen molar-refractivity contribution in [3.8, 4) is 0 Å². The third-order valence-corrected chi connectivity index (χ3v) is 3.14. The second-order valence-corrected chi connectivity index (χ2v) is 5.12. The predicted octanol–water partition coefficient (Wildman–Crippen LogP) is 0.619. The molecule has 1 fully saturated rings. The molecule has 0 saturated carbocycles. The van der Waals surface area contributed by atoms with Crippen molar-refractivity contribution in [3.63, 3.8) is 0 Å². The highest BCUT2D eigenvalue weighted by Gasteiger charge is 2.36. The van der Waals surface area contributed by atoms with Gasteiger partial charge >= 0.3 is 0 Å². The summed E-state index contributed by atoms with van der Waals surface area (Å²) in [6, 6.07) is 0.156. The zero-order chi connectivity index (χ0) is 12.2. The van der Waals surface area contributed by atoms with Gasteiger partial charge in [-0.2, -0.15) is 0 Å². The van der Waals surface area contributed by atoms with Crippen LogP contribution in [0.2, 0.25) is 0 Å². The lowest BCUT2D eigenvalue weighted by Gasteiger charge is -2.34. The summed E-state index contributed by atoms with van der Waals surface area (Å²) in [5, 5.41) is 19.8. The monoisotopic (exact) mass is 231 g/mol. The second kappa shape index (κ2) is 5.96. The Morgan fingerprint density at radius 2 is 2.19 bits per heavy atom. The van der Waals surface area contributed by atoms with Gasteiger partial charge in [-0.05, 0) is 40.2 Å². The Labute approximate surface area is 98.2 Å². The summed E-state index contributed by atoms with van der Waals surface area (Å²) >= 11 is 0. The van der Waals surface area contributed by atoms with Crippen molar-refractivity contribution in [1.29, 1.82) is 0 Å². The number of aliphatic hydroxyl groups excluding tert-OH is 1. The van der Waals surface area contributed by atoms with E-state index in [-0.39, 0.29) is 6.04 Å². The van der Waals surface area contributed by atoms with Crippen molar-refractivity contribution in [1.82, 2.24) is 4.90 Å². The topological polar surface area (TPSA) is 52.9 Å². The standard InChI is InChI=1S/C12H25NO3/c1-4-16-9-10(14)8-13-7-5-6-11(13)12(2,3)15/h10-11,14-15H,4-9H2,1-3H3/t10-,11-/m0/s1. The summed E-state index contributed by atoms with van der Waals surface area (Å²) < 4.78 is 5.19. The highest BCUT2D eigenvalue weighted by molar-refractivity contribution is 4.91. The van der Waals surface area contributed by atoms with Crippen LogP contribution in [0, 0.1) is 0 Å². The van der Waals surface area contributed by atoms with E-state index in [2.05, 4.69) is 4.90 Å². The third-order valence-electron chi connectivity index (χ3n) is 3.14. The van der Waals surface area contributed by atoms with Crippen LogP contribution in [0.15, 0.2) is 0 Å². The maximum Gasteiger partial charge on any atom is 0.0900 e. The van der Waals surface area contributed by atoms with Crippen molar-refractivity contribution in [2.24, 2.45) is 0 Å². The summed E-state index contributed by atoms with van der Waals surface area (Å²) in [7, 11) is 0. The second-order valence-electron chi connectivity index (χ2n) is 5.12. The number of nitrogens with zero attached hydrogens (tertiary/aromatic N) is 1. The van der Waals surface area contributed by atoms with E-state index in [1.165, 1.54) is 0 Å². The number of rotatable bonds is 6. The lowest BCUT2D eigenvalue weighted by molar-refractivity contribution is -0.0299. The van der Waals surface area contributed by atoms with E-state index in [4.69, 9.17) is 4.74 Å². The van der Waals surface area contributed by atoms with E-state index >= 15 is 0 Å². The van der Waals surface area contributed by atoms with E-state index < -0.39 is 11.7 Å². The molecule has 1 aliphatic rings. The molecule has 0 bridgehead atoms. The van der Waals surface area contributed by atoms with Gasteiger partial charge in [0.1, 0.15) is 0 Å². The number of aliphatic hydroxyl groups is 2. The molecule has 1 rings (SSSR count). The van der Waals surface area contributed by atoms with Gasteiger partial charge in [-0.25, -0.2) is 0 Å². The summed E-state index contributed by atoms with van der Waals surface area (Å²) in [6.07, 6.45) is 1.64. The third kappa shape index (κ3) is 4.01. The molecular weight excluding hydrogens is 206 g/mol. The zero-order valence-corrected chi connectivity index (χ0v) is 10.6. The Balaban J connectivity index is 2.40. The van der Waals surface area contributed by atoms with Gasteiger partial charge in [0.05, 0.1) is 18.3 Å². The molecule has 1 saturated heterocycles. The van der Waals surface area contributed by atoms with Crippen LogP contribution in [0.4, 0.5) is 0 Å². The molecule has 96 valence electrons. The van der Waals surface area contributed by atoms with Crippen LogP contribution >= 0.6 is 0 Å². The molecule has 0 radical (unpaired) electrons. The van der Waals surface area contributed by atoms with Crippen molar-refractivity contribution >= 4 is 0 Å². The molecule has 1 aliphatic heterocycles. The molecule has 0 aromatic rings. The van der Waals surface area contributed by atoms with E-state index in [0.717, 1.165) is 19.4 Å². The summed E-state index contributed by atoms with van der Waals surface area (Å²) in [4.78, 5) is 2.17. The van der Waals surface area contributed by atoms with Gasteiger partial charge in [0.15, 0.2) is 0 Å². The molecule has 0 amide bonds. The van der Waals surface area contributed by atoms with Crippen molar-refractivity contribution in [2.75, 3.05) is 26.3 Å². The van der Waals surface area contributed by atoms with Crippen LogP contribution in [0.1, 0.15) is 33.6 Å². The summed E-state index contributed by atoms with van der Waals surface area (Å²) in [6.45, 7) is 8.15. The number of hydrogen-bond acceptors (Lipinski definition) is 4. The molecule has 2 N–H and O–H groups in total. The van der Waals surface area contributed by atoms with Crippen molar-refractivity contribution in [3.05, 3.63) is 0 Å². The molecule has 2 atom stereocenters. The Hall–Kier alpha value is -0.160. The average molecular weight is 231 g/mol. The fraction of sp³-hybridized carbons (Fsp3) is 1.00. The minimum atomic E-state index is -0.693. The van der Waals surface area contributed by atoms with Gasteiger partial charge < -0.3 is 14.9 Å². The number of ether oxygens (including phenoxy) is 1. The number of β-amino-alcohol motifs (C(OH)–C–C–N with tert-alkyl or cyclic N) is 1. The van der Waals surface area contributed by atoms with Crippen LogP contribution in [0.5, 0.6) is 0 Å². The Bertz CT molecular complexity index is 203. The molecule has 0 unspecified atom stereocenters. The number of likely N-dealkylation sites (tertiary alicyclic amines) is 1. The molecule has 0 aromatic carbocycles. The SMILES string of the molecule is CCOC[C@@H](O)CN1CCC[C@H]1C(C)(C)O. The van der Waals surface area contributed by atoms with Gasteiger partial charge in [0, 0.05) is 19.2 Å². The zero-order valence-electron chi connectivity index (χ0n) is 10.6. The normalized spacial score (nSPS) is 24.9. The first-order valence-corrected chi connectivity index (χ1v) is 6.17. The average Bonchev–Trinajstić information content (AvgIpc) is 2.62. The summed E-state index contributed by atoms with van der Waals surface area (Å²) in [5.74, 6) is 0. The highest BCUT2D eigenvalue weighted by Crippen LogP contribution is 2.26. The quantitative estimate of drug-likeness (QED) is 0.703. The van der Waals surface area contributed by atoms with E-state index in [1.807, 2.05) is 20.8 Å². The van der Waals surface area contributed by atoms with Crippen LogP contribution in [0.25, 0.3) is 0 Å².